The van der Waals surface area contributed by atoms with Gasteiger partial charge in [0.15, 0.2) is 0 Å². The van der Waals surface area contributed by atoms with Crippen molar-refractivity contribution in [3.8, 4) is 0 Å². The van der Waals surface area contributed by atoms with Gasteiger partial charge in [-0.3, -0.25) is 9.78 Å². The van der Waals surface area contributed by atoms with Gasteiger partial charge in [-0.05, 0) is 49.6 Å². The molecule has 1 saturated heterocycles. The SMILES string of the molecule is O=C(Nc1cccc(Cl)c1)c1cc(N2CCCCC2)ccn1. The Hall–Kier alpha value is -2.07. The minimum atomic E-state index is -0.221. The molecule has 1 aromatic heterocycles. The minimum Gasteiger partial charge on any atom is -0.371 e. The Kier molecular flexibility index (Phi) is 4.59. The Balaban J connectivity index is 1.75. The first-order chi connectivity index (χ1) is 10.7. The van der Waals surface area contributed by atoms with Crippen LogP contribution in [0.15, 0.2) is 42.6 Å². The molecule has 1 N–H and O–H groups in total. The number of halogens is 1. The molecule has 114 valence electrons. The molecular formula is C17H18ClN3O. The van der Waals surface area contributed by atoms with Crippen molar-refractivity contribution in [1.82, 2.24) is 4.98 Å². The van der Waals surface area contributed by atoms with Crippen molar-refractivity contribution in [2.45, 2.75) is 19.3 Å². The number of piperidine rings is 1. The van der Waals surface area contributed by atoms with Crippen LogP contribution in [0.25, 0.3) is 0 Å². The lowest BCUT2D eigenvalue weighted by molar-refractivity contribution is 0.102. The summed E-state index contributed by atoms with van der Waals surface area (Å²) < 4.78 is 0. The number of anilines is 2. The molecule has 0 bridgehead atoms. The highest BCUT2D eigenvalue weighted by atomic mass is 35.5. The van der Waals surface area contributed by atoms with E-state index in [9.17, 15) is 4.79 Å². The summed E-state index contributed by atoms with van der Waals surface area (Å²) in [6.45, 7) is 2.08. The summed E-state index contributed by atoms with van der Waals surface area (Å²) in [7, 11) is 0. The maximum absolute atomic E-state index is 12.3. The lowest BCUT2D eigenvalue weighted by Gasteiger charge is -2.28. The van der Waals surface area contributed by atoms with Crippen LogP contribution in [0.2, 0.25) is 5.02 Å². The van der Waals surface area contributed by atoms with Crippen LogP contribution < -0.4 is 10.2 Å². The fourth-order valence-electron chi connectivity index (χ4n) is 2.65. The third-order valence-electron chi connectivity index (χ3n) is 3.78. The zero-order valence-corrected chi connectivity index (χ0v) is 13.0. The topological polar surface area (TPSA) is 45.2 Å². The molecule has 0 spiro atoms. The fraction of sp³-hybridized carbons (Fsp3) is 0.294. The van der Waals surface area contributed by atoms with Gasteiger partial charge in [0.2, 0.25) is 0 Å². The van der Waals surface area contributed by atoms with E-state index in [2.05, 4.69) is 15.2 Å². The lowest BCUT2D eigenvalue weighted by Crippen LogP contribution is -2.29. The number of pyridine rings is 1. The molecule has 0 radical (unpaired) electrons. The molecule has 0 atom stereocenters. The average Bonchev–Trinajstić information content (AvgIpc) is 2.56. The van der Waals surface area contributed by atoms with Gasteiger partial charge in [0.1, 0.15) is 5.69 Å². The fourth-order valence-corrected chi connectivity index (χ4v) is 2.84. The maximum atomic E-state index is 12.3. The average molecular weight is 316 g/mol. The van der Waals surface area contributed by atoms with Gasteiger partial charge in [-0.2, -0.15) is 0 Å². The van der Waals surface area contributed by atoms with Gasteiger partial charge in [0.05, 0.1) is 0 Å². The molecule has 3 rings (SSSR count). The van der Waals surface area contributed by atoms with Crippen LogP contribution in [0.4, 0.5) is 11.4 Å². The normalized spacial score (nSPS) is 14.7. The van der Waals surface area contributed by atoms with E-state index in [0.29, 0.717) is 16.4 Å². The van der Waals surface area contributed by atoms with Crippen LogP contribution in [0.3, 0.4) is 0 Å². The van der Waals surface area contributed by atoms with E-state index in [-0.39, 0.29) is 5.91 Å². The Bertz CT molecular complexity index is 668. The van der Waals surface area contributed by atoms with E-state index < -0.39 is 0 Å². The summed E-state index contributed by atoms with van der Waals surface area (Å²) in [5.74, 6) is -0.221. The van der Waals surface area contributed by atoms with Crippen molar-refractivity contribution < 1.29 is 4.79 Å². The second-order valence-electron chi connectivity index (χ2n) is 5.41. The van der Waals surface area contributed by atoms with E-state index in [1.165, 1.54) is 19.3 Å². The van der Waals surface area contributed by atoms with Gasteiger partial charge in [0.25, 0.3) is 5.91 Å². The third kappa shape index (κ3) is 3.57. The highest BCUT2D eigenvalue weighted by Crippen LogP contribution is 2.21. The number of rotatable bonds is 3. The number of amides is 1. The molecule has 1 fully saturated rings. The predicted octanol–water partition coefficient (Wildman–Crippen LogP) is 3.98. The van der Waals surface area contributed by atoms with Gasteiger partial charge < -0.3 is 10.2 Å². The second-order valence-corrected chi connectivity index (χ2v) is 5.85. The number of hydrogen-bond acceptors (Lipinski definition) is 3. The van der Waals surface area contributed by atoms with E-state index >= 15 is 0 Å². The number of carbonyl (C=O) groups is 1. The van der Waals surface area contributed by atoms with Crippen LogP contribution in [-0.2, 0) is 0 Å². The Labute approximate surface area is 135 Å². The summed E-state index contributed by atoms with van der Waals surface area (Å²) >= 11 is 5.93. The van der Waals surface area contributed by atoms with E-state index in [1.807, 2.05) is 12.1 Å². The molecule has 1 amide bonds. The van der Waals surface area contributed by atoms with Gasteiger partial charge in [-0.15, -0.1) is 0 Å². The summed E-state index contributed by atoms with van der Waals surface area (Å²) in [6, 6.07) is 10.9. The summed E-state index contributed by atoms with van der Waals surface area (Å²) in [5.41, 5.74) is 2.15. The lowest BCUT2D eigenvalue weighted by atomic mass is 10.1. The zero-order chi connectivity index (χ0) is 15.4. The maximum Gasteiger partial charge on any atom is 0.274 e. The molecule has 1 aliphatic rings. The standard InChI is InChI=1S/C17H18ClN3O/c18-13-5-4-6-14(11-13)20-17(22)16-12-15(7-8-19-16)21-9-2-1-3-10-21/h4-8,11-12H,1-3,9-10H2,(H,20,22). The molecule has 0 saturated carbocycles. The molecule has 2 heterocycles. The molecule has 2 aromatic rings. The quantitative estimate of drug-likeness (QED) is 0.932. The predicted molar refractivity (Wildman–Crippen MR) is 89.7 cm³/mol. The second kappa shape index (κ2) is 6.79. The van der Waals surface area contributed by atoms with Gasteiger partial charge in [-0.1, -0.05) is 17.7 Å². The molecule has 0 aliphatic carbocycles. The van der Waals surface area contributed by atoms with Gasteiger partial charge in [-0.25, -0.2) is 0 Å². The summed E-state index contributed by atoms with van der Waals surface area (Å²) in [4.78, 5) is 18.8. The van der Waals surface area contributed by atoms with E-state index in [1.54, 1.807) is 30.5 Å². The largest absolute Gasteiger partial charge is 0.371 e. The van der Waals surface area contributed by atoms with Crippen molar-refractivity contribution in [2.75, 3.05) is 23.3 Å². The smallest absolute Gasteiger partial charge is 0.274 e. The zero-order valence-electron chi connectivity index (χ0n) is 12.3. The Morgan fingerprint density at radius 1 is 1.14 bits per heavy atom. The van der Waals surface area contributed by atoms with Gasteiger partial charge in [0, 0.05) is 35.7 Å². The number of benzene rings is 1. The first kappa shape index (κ1) is 14.9. The van der Waals surface area contributed by atoms with Crippen LogP contribution in [0, 0.1) is 0 Å². The first-order valence-corrected chi connectivity index (χ1v) is 7.88. The highest BCUT2D eigenvalue weighted by Gasteiger charge is 2.14. The van der Waals surface area contributed by atoms with Crippen LogP contribution in [0.5, 0.6) is 0 Å². The van der Waals surface area contributed by atoms with E-state index in [4.69, 9.17) is 11.6 Å². The van der Waals surface area contributed by atoms with E-state index in [0.717, 1.165) is 18.8 Å². The summed E-state index contributed by atoms with van der Waals surface area (Å²) in [5, 5.41) is 3.42. The van der Waals surface area contributed by atoms with Crippen molar-refractivity contribution in [3.63, 3.8) is 0 Å². The van der Waals surface area contributed by atoms with Gasteiger partial charge >= 0.3 is 0 Å². The monoisotopic (exact) mass is 315 g/mol. The number of nitrogens with zero attached hydrogens (tertiary/aromatic N) is 2. The number of nitrogens with one attached hydrogen (secondary N) is 1. The Morgan fingerprint density at radius 2 is 1.95 bits per heavy atom. The number of carbonyl (C=O) groups excluding carboxylic acids is 1. The Morgan fingerprint density at radius 3 is 2.73 bits per heavy atom. The molecule has 5 heteroatoms. The van der Waals surface area contributed by atoms with Crippen LogP contribution >= 0.6 is 11.6 Å². The summed E-state index contributed by atoms with van der Waals surface area (Å²) in [6.07, 6.45) is 5.37. The van der Waals surface area contributed by atoms with Crippen LogP contribution in [0.1, 0.15) is 29.8 Å². The minimum absolute atomic E-state index is 0.221. The van der Waals surface area contributed by atoms with Crippen molar-refractivity contribution >= 4 is 28.9 Å². The molecule has 22 heavy (non-hydrogen) atoms. The number of aromatic nitrogens is 1. The molecule has 1 aliphatic heterocycles. The molecule has 0 unspecified atom stereocenters. The highest BCUT2D eigenvalue weighted by molar-refractivity contribution is 6.30. The molecular weight excluding hydrogens is 298 g/mol. The van der Waals surface area contributed by atoms with Crippen LogP contribution in [-0.4, -0.2) is 24.0 Å². The first-order valence-electron chi connectivity index (χ1n) is 7.50. The van der Waals surface area contributed by atoms with Crippen molar-refractivity contribution in [3.05, 3.63) is 53.3 Å². The third-order valence-corrected chi connectivity index (χ3v) is 4.01. The molecule has 4 nitrogen and oxygen atoms in total. The molecule has 1 aromatic carbocycles. The number of hydrogen-bond donors (Lipinski definition) is 1. The van der Waals surface area contributed by atoms with Crippen molar-refractivity contribution in [2.24, 2.45) is 0 Å². The van der Waals surface area contributed by atoms with Crippen molar-refractivity contribution in [1.29, 1.82) is 0 Å².